The minimum absolute atomic E-state index is 0.126. The SMILES string of the molecule is O=C(NCc1ccc(CSc2nc3ccccc3o2)cc1)c1cccnc1. The smallest absolute Gasteiger partial charge is 0.257 e. The molecule has 0 bridgehead atoms. The Morgan fingerprint density at radius 1 is 1.00 bits per heavy atom. The van der Waals surface area contributed by atoms with E-state index < -0.39 is 0 Å². The van der Waals surface area contributed by atoms with Crippen molar-refractivity contribution in [2.45, 2.75) is 17.5 Å². The first kappa shape index (κ1) is 17.3. The summed E-state index contributed by atoms with van der Waals surface area (Å²) in [5, 5.41) is 3.57. The van der Waals surface area contributed by atoms with Crippen molar-refractivity contribution in [3.05, 3.63) is 89.7 Å². The summed E-state index contributed by atoms with van der Waals surface area (Å²) in [7, 11) is 0. The van der Waals surface area contributed by atoms with Crippen molar-refractivity contribution < 1.29 is 9.21 Å². The van der Waals surface area contributed by atoms with Crippen LogP contribution in [0.1, 0.15) is 21.5 Å². The quantitative estimate of drug-likeness (QED) is 0.505. The van der Waals surface area contributed by atoms with Gasteiger partial charge in [0.15, 0.2) is 5.58 Å². The number of oxazole rings is 1. The zero-order valence-corrected chi connectivity index (χ0v) is 15.3. The van der Waals surface area contributed by atoms with Crippen molar-refractivity contribution in [1.82, 2.24) is 15.3 Å². The number of para-hydroxylation sites is 2. The molecule has 0 saturated heterocycles. The molecule has 0 aliphatic rings. The van der Waals surface area contributed by atoms with Gasteiger partial charge in [0.1, 0.15) is 5.52 Å². The minimum Gasteiger partial charge on any atom is -0.431 e. The van der Waals surface area contributed by atoms with Gasteiger partial charge in [0.25, 0.3) is 11.1 Å². The zero-order chi connectivity index (χ0) is 18.5. The third kappa shape index (κ3) is 4.35. The number of amides is 1. The molecule has 2 heterocycles. The molecule has 0 saturated carbocycles. The number of thioether (sulfide) groups is 1. The number of nitrogens with one attached hydrogen (secondary N) is 1. The van der Waals surface area contributed by atoms with Crippen LogP contribution in [0.4, 0.5) is 0 Å². The lowest BCUT2D eigenvalue weighted by atomic mass is 10.1. The molecule has 1 amide bonds. The highest BCUT2D eigenvalue weighted by Crippen LogP contribution is 2.26. The van der Waals surface area contributed by atoms with Gasteiger partial charge in [0.05, 0.1) is 5.56 Å². The molecule has 4 rings (SSSR count). The van der Waals surface area contributed by atoms with E-state index in [1.54, 1.807) is 36.3 Å². The molecule has 0 unspecified atom stereocenters. The number of nitrogens with zero attached hydrogens (tertiary/aromatic N) is 2. The first-order valence-corrected chi connectivity index (χ1v) is 9.51. The molecule has 0 radical (unpaired) electrons. The van der Waals surface area contributed by atoms with Crippen LogP contribution in [0.25, 0.3) is 11.1 Å². The molecule has 5 nitrogen and oxygen atoms in total. The largest absolute Gasteiger partial charge is 0.431 e. The number of fused-ring (bicyclic) bond motifs is 1. The molecule has 4 aromatic rings. The van der Waals surface area contributed by atoms with Gasteiger partial charge in [-0.25, -0.2) is 4.98 Å². The van der Waals surface area contributed by atoms with E-state index in [1.807, 2.05) is 36.4 Å². The van der Waals surface area contributed by atoms with Crippen LogP contribution in [0.15, 0.2) is 82.7 Å². The Morgan fingerprint density at radius 3 is 2.59 bits per heavy atom. The topological polar surface area (TPSA) is 68.0 Å². The third-order valence-corrected chi connectivity index (χ3v) is 4.94. The summed E-state index contributed by atoms with van der Waals surface area (Å²) in [5.41, 5.74) is 4.45. The van der Waals surface area contributed by atoms with Crippen molar-refractivity contribution in [2.24, 2.45) is 0 Å². The van der Waals surface area contributed by atoms with Gasteiger partial charge in [0, 0.05) is 24.7 Å². The number of pyridine rings is 1. The van der Waals surface area contributed by atoms with Crippen LogP contribution in [0, 0.1) is 0 Å². The van der Waals surface area contributed by atoms with E-state index in [4.69, 9.17) is 4.42 Å². The van der Waals surface area contributed by atoms with Crippen molar-refractivity contribution in [3.63, 3.8) is 0 Å². The standard InChI is InChI=1S/C21H17N3O2S/c25-20(17-4-3-11-22-13-17)23-12-15-7-9-16(10-8-15)14-27-21-24-18-5-1-2-6-19(18)26-21/h1-11,13H,12,14H2,(H,23,25). The molecule has 2 aromatic heterocycles. The lowest BCUT2D eigenvalue weighted by molar-refractivity contribution is 0.0950. The maximum Gasteiger partial charge on any atom is 0.257 e. The van der Waals surface area contributed by atoms with Crippen LogP contribution in [-0.2, 0) is 12.3 Å². The van der Waals surface area contributed by atoms with E-state index >= 15 is 0 Å². The molecule has 2 aromatic carbocycles. The van der Waals surface area contributed by atoms with E-state index in [2.05, 4.69) is 27.4 Å². The molecular weight excluding hydrogens is 358 g/mol. The molecule has 0 spiro atoms. The fourth-order valence-corrected chi connectivity index (χ4v) is 3.39. The second kappa shape index (κ2) is 8.05. The number of hydrogen-bond acceptors (Lipinski definition) is 5. The Balaban J connectivity index is 1.31. The first-order valence-electron chi connectivity index (χ1n) is 8.52. The summed E-state index contributed by atoms with van der Waals surface area (Å²) in [5.74, 6) is 0.647. The van der Waals surface area contributed by atoms with Crippen molar-refractivity contribution in [1.29, 1.82) is 0 Å². The number of aromatic nitrogens is 2. The molecule has 0 aliphatic heterocycles. The van der Waals surface area contributed by atoms with Gasteiger partial charge in [-0.1, -0.05) is 48.2 Å². The molecule has 134 valence electrons. The predicted octanol–water partition coefficient (Wildman–Crippen LogP) is 4.45. The van der Waals surface area contributed by atoms with Crippen LogP contribution < -0.4 is 5.32 Å². The highest BCUT2D eigenvalue weighted by molar-refractivity contribution is 7.98. The van der Waals surface area contributed by atoms with Gasteiger partial charge >= 0.3 is 0 Å². The summed E-state index contributed by atoms with van der Waals surface area (Å²) in [4.78, 5) is 20.5. The van der Waals surface area contributed by atoms with Gasteiger partial charge in [-0.2, -0.15) is 0 Å². The van der Waals surface area contributed by atoms with Gasteiger partial charge in [-0.15, -0.1) is 0 Å². The summed E-state index contributed by atoms with van der Waals surface area (Å²) in [6.07, 6.45) is 3.20. The fraction of sp³-hybridized carbons (Fsp3) is 0.0952. The number of carbonyl (C=O) groups is 1. The maximum atomic E-state index is 12.0. The minimum atomic E-state index is -0.126. The summed E-state index contributed by atoms with van der Waals surface area (Å²) >= 11 is 1.57. The van der Waals surface area contributed by atoms with Crippen LogP contribution in [0.2, 0.25) is 0 Å². The highest BCUT2D eigenvalue weighted by atomic mass is 32.2. The van der Waals surface area contributed by atoms with E-state index in [0.29, 0.717) is 17.3 Å². The van der Waals surface area contributed by atoms with Crippen LogP contribution in [0.5, 0.6) is 0 Å². The number of rotatable bonds is 6. The maximum absolute atomic E-state index is 12.0. The van der Waals surface area contributed by atoms with E-state index in [-0.39, 0.29) is 5.91 Å². The van der Waals surface area contributed by atoms with Gasteiger partial charge in [0.2, 0.25) is 0 Å². The summed E-state index contributed by atoms with van der Waals surface area (Å²) < 4.78 is 5.72. The lowest BCUT2D eigenvalue weighted by Gasteiger charge is -2.06. The third-order valence-electron chi connectivity index (χ3n) is 4.04. The number of benzene rings is 2. The Morgan fingerprint density at radius 2 is 1.81 bits per heavy atom. The average molecular weight is 375 g/mol. The Hall–Kier alpha value is -3.12. The van der Waals surface area contributed by atoms with Crippen molar-refractivity contribution >= 4 is 28.8 Å². The highest BCUT2D eigenvalue weighted by Gasteiger charge is 2.07. The molecular formula is C21H17N3O2S. The first-order chi connectivity index (χ1) is 13.3. The van der Waals surface area contributed by atoms with Crippen LogP contribution in [-0.4, -0.2) is 15.9 Å². The normalized spacial score (nSPS) is 10.8. The summed E-state index contributed by atoms with van der Waals surface area (Å²) in [6.45, 7) is 0.478. The van der Waals surface area contributed by atoms with Crippen molar-refractivity contribution in [3.8, 4) is 0 Å². The average Bonchev–Trinajstić information content (AvgIpc) is 3.15. The van der Waals surface area contributed by atoms with E-state index in [1.165, 1.54) is 5.56 Å². The van der Waals surface area contributed by atoms with Gasteiger partial charge in [-0.05, 0) is 35.4 Å². The molecule has 27 heavy (non-hydrogen) atoms. The zero-order valence-electron chi connectivity index (χ0n) is 14.5. The molecule has 0 atom stereocenters. The molecule has 0 aliphatic carbocycles. The summed E-state index contributed by atoms with van der Waals surface area (Å²) in [6, 6.07) is 19.4. The van der Waals surface area contributed by atoms with Crippen LogP contribution in [0.3, 0.4) is 0 Å². The second-order valence-electron chi connectivity index (χ2n) is 5.98. The Labute approximate surface area is 160 Å². The van der Waals surface area contributed by atoms with Gasteiger partial charge < -0.3 is 9.73 Å². The second-order valence-corrected chi connectivity index (χ2v) is 6.90. The monoisotopic (exact) mass is 375 g/mol. The van der Waals surface area contributed by atoms with Gasteiger partial charge in [-0.3, -0.25) is 9.78 Å². The number of carbonyl (C=O) groups excluding carboxylic acids is 1. The molecule has 1 N–H and O–H groups in total. The lowest BCUT2D eigenvalue weighted by Crippen LogP contribution is -2.22. The Kier molecular flexibility index (Phi) is 5.16. The van der Waals surface area contributed by atoms with Crippen molar-refractivity contribution in [2.75, 3.05) is 0 Å². The predicted molar refractivity (Wildman–Crippen MR) is 105 cm³/mol. The van der Waals surface area contributed by atoms with E-state index in [9.17, 15) is 4.79 Å². The Bertz CT molecular complexity index is 1010. The number of hydrogen-bond donors (Lipinski definition) is 1. The molecule has 0 fully saturated rings. The fourth-order valence-electron chi connectivity index (χ4n) is 2.59. The molecule has 6 heteroatoms. The van der Waals surface area contributed by atoms with Crippen LogP contribution >= 0.6 is 11.8 Å². The van der Waals surface area contributed by atoms with E-state index in [0.717, 1.165) is 22.4 Å².